The van der Waals surface area contributed by atoms with Gasteiger partial charge in [-0.1, -0.05) is 5.21 Å². The zero-order valence-electron chi connectivity index (χ0n) is 15.2. The topological polar surface area (TPSA) is 85.6 Å². The number of aromatic nitrogens is 5. The van der Waals surface area contributed by atoms with E-state index in [0.29, 0.717) is 17.2 Å². The molecule has 1 aliphatic rings. The Balaban J connectivity index is 1.68. The van der Waals surface area contributed by atoms with Crippen LogP contribution >= 0.6 is 0 Å². The van der Waals surface area contributed by atoms with Gasteiger partial charge in [-0.15, -0.1) is 5.10 Å². The van der Waals surface area contributed by atoms with Crippen molar-refractivity contribution in [2.24, 2.45) is 7.05 Å². The average Bonchev–Trinajstić information content (AvgIpc) is 3.06. The van der Waals surface area contributed by atoms with Crippen LogP contribution in [0.2, 0.25) is 0 Å². The van der Waals surface area contributed by atoms with Crippen molar-refractivity contribution in [2.75, 3.05) is 5.32 Å². The molecule has 0 bridgehead atoms. The summed E-state index contributed by atoms with van der Waals surface area (Å²) in [5.74, 6) is -0.239. The Morgan fingerprint density at radius 3 is 2.78 bits per heavy atom. The predicted octanol–water partition coefficient (Wildman–Crippen LogP) is 2.85. The van der Waals surface area contributed by atoms with E-state index in [-0.39, 0.29) is 5.56 Å². The number of carbonyl (C=O) groups excluding carboxylic acids is 1. The summed E-state index contributed by atoms with van der Waals surface area (Å²) in [5, 5.41) is 10.2. The summed E-state index contributed by atoms with van der Waals surface area (Å²) >= 11 is 0. The second kappa shape index (κ2) is 6.86. The molecular weight excluding hydrogens is 347 g/mol. The summed E-state index contributed by atoms with van der Waals surface area (Å²) in [6, 6.07) is 4.13. The van der Waals surface area contributed by atoms with Gasteiger partial charge < -0.3 is 5.32 Å². The van der Waals surface area contributed by atoms with Crippen molar-refractivity contribution in [3.63, 3.8) is 0 Å². The lowest BCUT2D eigenvalue weighted by atomic mass is 9.94. The smallest absolute Gasteiger partial charge is 0.257 e. The minimum atomic E-state index is -0.518. The highest BCUT2D eigenvalue weighted by molar-refractivity contribution is 6.04. The maximum atomic E-state index is 14.2. The number of benzene rings is 1. The second-order valence-corrected chi connectivity index (χ2v) is 6.73. The first kappa shape index (κ1) is 17.3. The second-order valence-electron chi connectivity index (χ2n) is 6.73. The zero-order valence-corrected chi connectivity index (χ0v) is 15.2. The summed E-state index contributed by atoms with van der Waals surface area (Å²) in [4.78, 5) is 21.7. The zero-order chi connectivity index (χ0) is 19.0. The summed E-state index contributed by atoms with van der Waals surface area (Å²) < 4.78 is 15.7. The number of hydrogen-bond donors (Lipinski definition) is 1. The summed E-state index contributed by atoms with van der Waals surface area (Å²) in [5.41, 5.74) is 3.80. The Kier molecular flexibility index (Phi) is 4.39. The summed E-state index contributed by atoms with van der Waals surface area (Å²) in [6.45, 7) is 1.95. The van der Waals surface area contributed by atoms with Crippen molar-refractivity contribution >= 4 is 11.7 Å². The SMILES string of the molecule is Cc1nc(-c2cc(F)cc(C(=O)Nc3cn(C)nn3)c2)nc2c1CCCC2. The van der Waals surface area contributed by atoms with E-state index in [4.69, 9.17) is 0 Å². The minimum absolute atomic E-state index is 0.176. The van der Waals surface area contributed by atoms with Gasteiger partial charge in [0.25, 0.3) is 5.91 Å². The molecule has 0 saturated heterocycles. The number of halogens is 1. The number of hydrogen-bond acceptors (Lipinski definition) is 5. The molecule has 0 unspecified atom stereocenters. The third-order valence-corrected chi connectivity index (χ3v) is 4.65. The van der Waals surface area contributed by atoms with E-state index < -0.39 is 11.7 Å². The maximum absolute atomic E-state index is 14.2. The van der Waals surface area contributed by atoms with Gasteiger partial charge >= 0.3 is 0 Å². The molecule has 0 radical (unpaired) electrons. The Morgan fingerprint density at radius 1 is 1.19 bits per heavy atom. The van der Waals surface area contributed by atoms with Gasteiger partial charge in [-0.25, -0.2) is 14.4 Å². The molecule has 1 N–H and O–H groups in total. The highest BCUT2D eigenvalue weighted by Gasteiger charge is 2.18. The molecule has 1 aliphatic carbocycles. The summed E-state index contributed by atoms with van der Waals surface area (Å²) in [7, 11) is 1.69. The third kappa shape index (κ3) is 3.55. The van der Waals surface area contributed by atoms with Crippen LogP contribution in [-0.2, 0) is 19.9 Å². The highest BCUT2D eigenvalue weighted by atomic mass is 19.1. The van der Waals surface area contributed by atoms with Crippen LogP contribution in [0, 0.1) is 12.7 Å². The van der Waals surface area contributed by atoms with Crippen molar-refractivity contribution in [3.05, 3.63) is 52.7 Å². The maximum Gasteiger partial charge on any atom is 0.257 e. The number of rotatable bonds is 3. The molecular formula is C19H19FN6O. The Bertz CT molecular complexity index is 1030. The fourth-order valence-electron chi connectivity index (χ4n) is 3.35. The molecule has 2 aromatic heterocycles. The lowest BCUT2D eigenvalue weighted by Gasteiger charge is -2.17. The van der Waals surface area contributed by atoms with E-state index >= 15 is 0 Å². The molecule has 138 valence electrons. The van der Waals surface area contributed by atoms with Crippen LogP contribution in [-0.4, -0.2) is 30.9 Å². The van der Waals surface area contributed by atoms with E-state index in [2.05, 4.69) is 25.6 Å². The van der Waals surface area contributed by atoms with E-state index in [0.717, 1.165) is 37.1 Å². The first-order chi connectivity index (χ1) is 13.0. The fourth-order valence-corrected chi connectivity index (χ4v) is 3.35. The Labute approximate surface area is 155 Å². The molecule has 0 spiro atoms. The lowest BCUT2D eigenvalue weighted by molar-refractivity contribution is 0.102. The van der Waals surface area contributed by atoms with E-state index in [9.17, 15) is 9.18 Å². The standard InChI is InChI=1S/C19H19FN6O/c1-11-15-5-3-4-6-16(15)22-18(21-11)12-7-13(9-14(20)8-12)19(27)23-17-10-26(2)25-24-17/h7-10H,3-6H2,1-2H3,(H,23,27). The number of fused-ring (bicyclic) bond motifs is 1. The molecule has 0 saturated carbocycles. The van der Waals surface area contributed by atoms with Gasteiger partial charge in [0.15, 0.2) is 11.6 Å². The van der Waals surface area contributed by atoms with Crippen LogP contribution in [0.4, 0.5) is 10.2 Å². The van der Waals surface area contributed by atoms with Crippen molar-refractivity contribution in [2.45, 2.75) is 32.6 Å². The first-order valence-corrected chi connectivity index (χ1v) is 8.84. The van der Waals surface area contributed by atoms with Gasteiger partial charge in [-0.05, 0) is 56.4 Å². The molecule has 1 amide bonds. The van der Waals surface area contributed by atoms with Crippen LogP contribution in [0.5, 0.6) is 0 Å². The van der Waals surface area contributed by atoms with Crippen LogP contribution in [0.1, 0.15) is 40.2 Å². The van der Waals surface area contributed by atoms with Gasteiger partial charge in [0.05, 0.1) is 6.20 Å². The van der Waals surface area contributed by atoms with Gasteiger partial charge in [0, 0.05) is 29.6 Å². The molecule has 2 heterocycles. The molecule has 7 nitrogen and oxygen atoms in total. The van der Waals surface area contributed by atoms with Crippen molar-refractivity contribution in [3.8, 4) is 11.4 Å². The predicted molar refractivity (Wildman–Crippen MR) is 97.8 cm³/mol. The molecule has 0 fully saturated rings. The number of nitrogens with zero attached hydrogens (tertiary/aromatic N) is 5. The Morgan fingerprint density at radius 2 is 2.00 bits per heavy atom. The van der Waals surface area contributed by atoms with Crippen LogP contribution in [0.3, 0.4) is 0 Å². The molecule has 0 aliphatic heterocycles. The average molecular weight is 366 g/mol. The minimum Gasteiger partial charge on any atom is -0.304 e. The quantitative estimate of drug-likeness (QED) is 0.770. The van der Waals surface area contributed by atoms with Gasteiger partial charge in [-0.3, -0.25) is 9.48 Å². The third-order valence-electron chi connectivity index (χ3n) is 4.65. The number of aryl methyl sites for hydroxylation is 3. The molecule has 1 aromatic carbocycles. The van der Waals surface area contributed by atoms with Crippen LogP contribution < -0.4 is 5.32 Å². The molecule has 0 atom stereocenters. The van der Waals surface area contributed by atoms with E-state index in [1.54, 1.807) is 19.3 Å². The normalized spacial score (nSPS) is 13.3. The van der Waals surface area contributed by atoms with Crippen LogP contribution in [0.15, 0.2) is 24.4 Å². The first-order valence-electron chi connectivity index (χ1n) is 8.84. The fraction of sp³-hybridized carbons (Fsp3) is 0.316. The van der Waals surface area contributed by atoms with Gasteiger partial charge in [0.2, 0.25) is 0 Å². The van der Waals surface area contributed by atoms with E-state index in [1.165, 1.54) is 22.4 Å². The van der Waals surface area contributed by atoms with Crippen molar-refractivity contribution in [1.29, 1.82) is 0 Å². The highest BCUT2D eigenvalue weighted by Crippen LogP contribution is 2.26. The molecule has 3 aromatic rings. The number of nitrogens with one attached hydrogen (secondary N) is 1. The monoisotopic (exact) mass is 366 g/mol. The molecule has 8 heteroatoms. The molecule has 4 rings (SSSR count). The number of carbonyl (C=O) groups is 1. The largest absolute Gasteiger partial charge is 0.304 e. The Hall–Kier alpha value is -3.16. The number of amides is 1. The lowest BCUT2D eigenvalue weighted by Crippen LogP contribution is -2.13. The van der Waals surface area contributed by atoms with Crippen molar-refractivity contribution in [1.82, 2.24) is 25.0 Å². The summed E-state index contributed by atoms with van der Waals surface area (Å²) in [6.07, 6.45) is 5.69. The van der Waals surface area contributed by atoms with Crippen LogP contribution in [0.25, 0.3) is 11.4 Å². The van der Waals surface area contributed by atoms with E-state index in [1.807, 2.05) is 6.92 Å². The van der Waals surface area contributed by atoms with Crippen molar-refractivity contribution < 1.29 is 9.18 Å². The van der Waals surface area contributed by atoms with Gasteiger partial charge in [-0.2, -0.15) is 0 Å². The number of anilines is 1. The van der Waals surface area contributed by atoms with Gasteiger partial charge in [0.1, 0.15) is 5.82 Å². The molecule has 27 heavy (non-hydrogen) atoms.